The van der Waals surface area contributed by atoms with E-state index in [-0.39, 0.29) is 42.4 Å². The summed E-state index contributed by atoms with van der Waals surface area (Å²) in [6.07, 6.45) is 2.16. The maximum Gasteiger partial charge on any atom is 0.191 e. The van der Waals surface area contributed by atoms with E-state index < -0.39 is 0 Å². The summed E-state index contributed by atoms with van der Waals surface area (Å²) < 4.78 is 13.9. The van der Waals surface area contributed by atoms with Crippen molar-refractivity contribution in [1.29, 1.82) is 5.26 Å². The Bertz CT molecular complexity index is 834. The van der Waals surface area contributed by atoms with Crippen LogP contribution in [0.2, 0.25) is 0 Å². The van der Waals surface area contributed by atoms with Gasteiger partial charge in [0.2, 0.25) is 0 Å². The van der Waals surface area contributed by atoms with Gasteiger partial charge in [0.05, 0.1) is 11.6 Å². The molecule has 1 fully saturated rings. The van der Waals surface area contributed by atoms with Crippen molar-refractivity contribution in [2.45, 2.75) is 25.4 Å². The molecule has 0 radical (unpaired) electrons. The maximum absolute atomic E-state index is 13.9. The van der Waals surface area contributed by atoms with Crippen molar-refractivity contribution < 1.29 is 4.39 Å². The number of aliphatic imine (C=N–C) groups is 1. The molecule has 1 heterocycles. The maximum atomic E-state index is 13.9. The number of benzene rings is 2. The molecule has 1 unspecified atom stereocenters. The molecule has 0 amide bonds. The highest BCUT2D eigenvalue weighted by Gasteiger charge is 2.21. The molecule has 0 bridgehead atoms. The van der Waals surface area contributed by atoms with Crippen LogP contribution in [0.15, 0.2) is 53.5 Å². The lowest BCUT2D eigenvalue weighted by Gasteiger charge is -2.35. The van der Waals surface area contributed by atoms with Crippen molar-refractivity contribution >= 4 is 35.6 Å². The second-order valence-corrected chi connectivity index (χ2v) is 6.61. The highest BCUT2D eigenvalue weighted by molar-refractivity contribution is 14.0. The number of hydrogen-bond donors (Lipinski definition) is 2. The fourth-order valence-electron chi connectivity index (χ4n) is 3.31. The van der Waals surface area contributed by atoms with E-state index in [2.05, 4.69) is 44.8 Å². The highest BCUT2D eigenvalue weighted by Crippen LogP contribution is 2.19. The van der Waals surface area contributed by atoms with Crippen LogP contribution in [0.5, 0.6) is 0 Å². The molecule has 2 N–H and O–H groups in total. The Hall–Kier alpha value is -2.34. The molecule has 2 aromatic rings. The Morgan fingerprint density at radius 2 is 2.07 bits per heavy atom. The number of nitriles is 1. The zero-order chi connectivity index (χ0) is 19.1. The van der Waals surface area contributed by atoms with Gasteiger partial charge in [-0.15, -0.1) is 24.0 Å². The highest BCUT2D eigenvalue weighted by atomic mass is 127. The predicted octanol–water partition coefficient (Wildman–Crippen LogP) is 3.65. The van der Waals surface area contributed by atoms with Crippen LogP contribution < -0.4 is 15.5 Å². The number of guanidine groups is 1. The minimum atomic E-state index is -0.329. The quantitative estimate of drug-likeness (QED) is 0.388. The molecular weight excluding hydrogens is 468 g/mol. The average Bonchev–Trinajstić information content (AvgIpc) is 2.73. The summed E-state index contributed by atoms with van der Waals surface area (Å²) in [5, 5.41) is 15.6. The number of piperidine rings is 1. The zero-order valence-electron chi connectivity index (χ0n) is 15.9. The molecule has 0 aromatic heterocycles. The van der Waals surface area contributed by atoms with E-state index in [4.69, 9.17) is 5.26 Å². The molecular formula is C21H25FIN5. The van der Waals surface area contributed by atoms with Crippen LogP contribution in [0, 0.1) is 17.1 Å². The van der Waals surface area contributed by atoms with E-state index >= 15 is 0 Å². The monoisotopic (exact) mass is 493 g/mol. The molecule has 3 rings (SSSR count). The van der Waals surface area contributed by atoms with Crippen LogP contribution in [-0.4, -0.2) is 32.1 Å². The van der Waals surface area contributed by atoms with Crippen LogP contribution in [0.25, 0.3) is 0 Å². The van der Waals surface area contributed by atoms with E-state index in [0.29, 0.717) is 17.1 Å². The van der Waals surface area contributed by atoms with Crippen molar-refractivity contribution in [1.82, 2.24) is 10.6 Å². The number of nitrogens with one attached hydrogen (secondary N) is 2. The normalized spacial score (nSPS) is 16.7. The van der Waals surface area contributed by atoms with Gasteiger partial charge < -0.3 is 15.5 Å². The van der Waals surface area contributed by atoms with Crippen LogP contribution >= 0.6 is 24.0 Å². The van der Waals surface area contributed by atoms with Crippen molar-refractivity contribution in [3.8, 4) is 6.07 Å². The first kappa shape index (κ1) is 22.0. The number of hydrogen-bond acceptors (Lipinski definition) is 3. The van der Waals surface area contributed by atoms with Crippen molar-refractivity contribution in [3.05, 3.63) is 65.5 Å². The summed E-state index contributed by atoms with van der Waals surface area (Å²) in [5.41, 5.74) is 2.12. The van der Waals surface area contributed by atoms with Gasteiger partial charge in [0.1, 0.15) is 5.82 Å². The molecule has 2 aromatic carbocycles. The lowest BCUT2D eigenvalue weighted by molar-refractivity contribution is 0.467. The third-order valence-electron chi connectivity index (χ3n) is 4.73. The molecule has 1 aliphatic rings. The molecule has 1 aliphatic heterocycles. The van der Waals surface area contributed by atoms with Gasteiger partial charge in [-0.3, -0.25) is 4.99 Å². The number of rotatable bonds is 4. The van der Waals surface area contributed by atoms with Crippen molar-refractivity contribution in [3.63, 3.8) is 0 Å². The minimum absolute atomic E-state index is 0. The third-order valence-corrected chi connectivity index (χ3v) is 4.73. The summed E-state index contributed by atoms with van der Waals surface area (Å²) in [7, 11) is 1.70. The predicted molar refractivity (Wildman–Crippen MR) is 122 cm³/mol. The lowest BCUT2D eigenvalue weighted by atomic mass is 10.0. The Balaban J connectivity index is 0.00000280. The van der Waals surface area contributed by atoms with E-state index in [1.165, 1.54) is 17.8 Å². The Morgan fingerprint density at radius 1 is 1.29 bits per heavy atom. The standard InChI is InChI=1S/C21H24FN5.HI/c1-24-21(25-14-17-12-16(13-23)9-10-20(17)22)26-18-6-5-11-27(15-18)19-7-3-2-4-8-19;/h2-4,7-10,12,18H,5-6,11,14-15H2,1H3,(H2,24,25,26);1H. The summed E-state index contributed by atoms with van der Waals surface area (Å²) in [5.74, 6) is 0.307. The molecule has 5 nitrogen and oxygen atoms in total. The average molecular weight is 493 g/mol. The first-order valence-corrected chi connectivity index (χ1v) is 9.15. The van der Waals surface area contributed by atoms with Crippen molar-refractivity contribution in [2.24, 2.45) is 4.99 Å². The minimum Gasteiger partial charge on any atom is -0.369 e. The smallest absolute Gasteiger partial charge is 0.191 e. The van der Waals surface area contributed by atoms with Crippen LogP contribution in [-0.2, 0) is 6.54 Å². The van der Waals surface area contributed by atoms with Gasteiger partial charge in [-0.25, -0.2) is 4.39 Å². The number of nitrogens with zero attached hydrogens (tertiary/aromatic N) is 3. The van der Waals surface area contributed by atoms with E-state index in [1.807, 2.05) is 12.1 Å². The van der Waals surface area contributed by atoms with Gasteiger partial charge in [0, 0.05) is 44.0 Å². The largest absolute Gasteiger partial charge is 0.369 e. The second-order valence-electron chi connectivity index (χ2n) is 6.61. The molecule has 0 spiro atoms. The number of anilines is 1. The molecule has 1 saturated heterocycles. The lowest BCUT2D eigenvalue weighted by Crippen LogP contribution is -2.51. The Labute approximate surface area is 182 Å². The van der Waals surface area contributed by atoms with Crippen LogP contribution in [0.3, 0.4) is 0 Å². The van der Waals surface area contributed by atoms with E-state index in [0.717, 1.165) is 25.9 Å². The fraction of sp³-hybridized carbons (Fsp3) is 0.333. The molecule has 0 aliphatic carbocycles. The van der Waals surface area contributed by atoms with Gasteiger partial charge in [0.15, 0.2) is 5.96 Å². The molecule has 1 atom stereocenters. The second kappa shape index (κ2) is 10.9. The first-order chi connectivity index (χ1) is 13.2. The van der Waals surface area contributed by atoms with Gasteiger partial charge in [-0.05, 0) is 43.2 Å². The van der Waals surface area contributed by atoms with Crippen molar-refractivity contribution in [2.75, 3.05) is 25.0 Å². The van der Waals surface area contributed by atoms with Crippen LogP contribution in [0.1, 0.15) is 24.0 Å². The van der Waals surface area contributed by atoms with Gasteiger partial charge >= 0.3 is 0 Å². The molecule has 148 valence electrons. The summed E-state index contributed by atoms with van der Waals surface area (Å²) in [6.45, 7) is 2.21. The molecule has 7 heteroatoms. The SMILES string of the molecule is CN=C(NCc1cc(C#N)ccc1F)NC1CCCN(c2ccccc2)C1.I. The summed E-state index contributed by atoms with van der Waals surface area (Å²) in [4.78, 5) is 6.62. The van der Waals surface area contributed by atoms with E-state index in [1.54, 1.807) is 13.1 Å². The summed E-state index contributed by atoms with van der Waals surface area (Å²) in [6, 6.07) is 17.0. The summed E-state index contributed by atoms with van der Waals surface area (Å²) >= 11 is 0. The van der Waals surface area contributed by atoms with E-state index in [9.17, 15) is 4.39 Å². The number of halogens is 2. The first-order valence-electron chi connectivity index (χ1n) is 9.15. The third kappa shape index (κ3) is 5.83. The Kier molecular flexibility index (Phi) is 8.51. The van der Waals surface area contributed by atoms with Crippen LogP contribution in [0.4, 0.5) is 10.1 Å². The topological polar surface area (TPSA) is 63.5 Å². The number of para-hydroxylation sites is 1. The van der Waals surface area contributed by atoms with Gasteiger partial charge in [-0.1, -0.05) is 18.2 Å². The Morgan fingerprint density at radius 3 is 2.79 bits per heavy atom. The van der Waals surface area contributed by atoms with Gasteiger partial charge in [-0.2, -0.15) is 5.26 Å². The fourth-order valence-corrected chi connectivity index (χ4v) is 3.31. The molecule has 28 heavy (non-hydrogen) atoms. The van der Waals surface area contributed by atoms with Gasteiger partial charge in [0.25, 0.3) is 0 Å². The zero-order valence-corrected chi connectivity index (χ0v) is 18.2. The molecule has 0 saturated carbocycles.